The number of anilines is 2. The molecule has 2 rings (SSSR count). The van der Waals surface area contributed by atoms with E-state index in [9.17, 15) is 4.79 Å². The van der Waals surface area contributed by atoms with E-state index in [-0.39, 0.29) is 12.5 Å². The van der Waals surface area contributed by atoms with Gasteiger partial charge in [-0.3, -0.25) is 4.79 Å². The molecule has 0 aliphatic rings. The zero-order valence-corrected chi connectivity index (χ0v) is 13.9. The van der Waals surface area contributed by atoms with Crippen LogP contribution in [-0.2, 0) is 4.79 Å². The highest BCUT2D eigenvalue weighted by Crippen LogP contribution is 2.15. The topological polar surface area (TPSA) is 63.2 Å². The molecule has 0 unspecified atom stereocenters. The maximum absolute atomic E-state index is 11.8. The highest BCUT2D eigenvalue weighted by molar-refractivity contribution is 6.30. The van der Waals surface area contributed by atoms with Crippen LogP contribution in [0.4, 0.5) is 11.5 Å². The standard InChI is InChI=1S/C17H20ClN3O2/c1-12(2)9-19-14-5-8-16(20-10-14)21-17(22)11-23-15-6-3-13(18)4-7-15/h3-8,10,12,19H,9,11H2,1-2H3,(H,20,21,22). The van der Waals surface area contributed by atoms with Gasteiger partial charge in [-0.2, -0.15) is 0 Å². The fraction of sp³-hybridized carbons (Fsp3) is 0.294. The summed E-state index contributed by atoms with van der Waals surface area (Å²) < 4.78 is 5.37. The predicted molar refractivity (Wildman–Crippen MR) is 93.1 cm³/mol. The Hall–Kier alpha value is -2.27. The Balaban J connectivity index is 1.79. The van der Waals surface area contributed by atoms with Crippen molar-refractivity contribution in [1.82, 2.24) is 4.98 Å². The monoisotopic (exact) mass is 333 g/mol. The van der Waals surface area contributed by atoms with Crippen molar-refractivity contribution in [3.63, 3.8) is 0 Å². The molecule has 0 aliphatic carbocycles. The molecule has 2 N–H and O–H groups in total. The predicted octanol–water partition coefficient (Wildman–Crippen LogP) is 3.82. The van der Waals surface area contributed by atoms with Gasteiger partial charge in [0.05, 0.1) is 11.9 Å². The molecule has 0 saturated heterocycles. The molecule has 0 atom stereocenters. The van der Waals surface area contributed by atoms with E-state index < -0.39 is 0 Å². The van der Waals surface area contributed by atoms with Gasteiger partial charge in [-0.05, 0) is 42.3 Å². The summed E-state index contributed by atoms with van der Waals surface area (Å²) in [5, 5.41) is 6.57. The van der Waals surface area contributed by atoms with Crippen LogP contribution in [0.1, 0.15) is 13.8 Å². The van der Waals surface area contributed by atoms with Gasteiger partial charge >= 0.3 is 0 Å². The van der Waals surface area contributed by atoms with Gasteiger partial charge in [0.25, 0.3) is 5.91 Å². The molecule has 0 fully saturated rings. The molecular formula is C17H20ClN3O2. The number of ether oxygens (including phenoxy) is 1. The number of carbonyl (C=O) groups excluding carboxylic acids is 1. The Labute approximate surface area is 141 Å². The van der Waals surface area contributed by atoms with Crippen LogP contribution in [0.25, 0.3) is 0 Å². The summed E-state index contributed by atoms with van der Waals surface area (Å²) in [5.74, 6) is 1.37. The molecule has 1 aromatic heterocycles. The summed E-state index contributed by atoms with van der Waals surface area (Å²) in [4.78, 5) is 16.0. The quantitative estimate of drug-likeness (QED) is 0.808. The van der Waals surface area contributed by atoms with Crippen molar-refractivity contribution in [3.05, 3.63) is 47.6 Å². The first kappa shape index (κ1) is 17.1. The van der Waals surface area contributed by atoms with E-state index >= 15 is 0 Å². The van der Waals surface area contributed by atoms with Crippen molar-refractivity contribution in [2.24, 2.45) is 5.92 Å². The summed E-state index contributed by atoms with van der Waals surface area (Å²) >= 11 is 5.79. The minimum atomic E-state index is -0.268. The first-order valence-corrected chi connectivity index (χ1v) is 7.79. The Morgan fingerprint density at radius 1 is 1.22 bits per heavy atom. The van der Waals surface area contributed by atoms with Crippen LogP contribution in [0.15, 0.2) is 42.6 Å². The molecule has 0 radical (unpaired) electrons. The SMILES string of the molecule is CC(C)CNc1ccc(NC(=O)COc2ccc(Cl)cc2)nc1. The van der Waals surface area contributed by atoms with Crippen LogP contribution in [0, 0.1) is 5.92 Å². The van der Waals surface area contributed by atoms with E-state index in [1.54, 1.807) is 36.5 Å². The third-order valence-electron chi connectivity index (χ3n) is 2.93. The molecule has 122 valence electrons. The lowest BCUT2D eigenvalue weighted by Crippen LogP contribution is -2.20. The molecule has 23 heavy (non-hydrogen) atoms. The summed E-state index contributed by atoms with van der Waals surface area (Å²) in [6.45, 7) is 5.06. The van der Waals surface area contributed by atoms with E-state index in [4.69, 9.17) is 16.3 Å². The molecule has 1 heterocycles. The fourth-order valence-corrected chi connectivity index (χ4v) is 1.88. The van der Waals surface area contributed by atoms with Gasteiger partial charge in [0, 0.05) is 11.6 Å². The van der Waals surface area contributed by atoms with Crippen molar-refractivity contribution in [2.75, 3.05) is 23.8 Å². The maximum atomic E-state index is 11.8. The number of rotatable bonds is 7. The molecule has 0 aliphatic heterocycles. The van der Waals surface area contributed by atoms with E-state index in [0.29, 0.717) is 22.5 Å². The second kappa shape index (κ2) is 8.39. The fourth-order valence-electron chi connectivity index (χ4n) is 1.75. The normalized spacial score (nSPS) is 10.4. The molecule has 0 bridgehead atoms. The number of nitrogens with one attached hydrogen (secondary N) is 2. The number of benzene rings is 1. The van der Waals surface area contributed by atoms with E-state index in [1.807, 2.05) is 6.07 Å². The summed E-state index contributed by atoms with van der Waals surface area (Å²) in [7, 11) is 0. The van der Waals surface area contributed by atoms with Crippen LogP contribution >= 0.6 is 11.6 Å². The molecule has 0 spiro atoms. The van der Waals surface area contributed by atoms with Crippen LogP contribution in [0.5, 0.6) is 5.75 Å². The van der Waals surface area contributed by atoms with Gasteiger partial charge < -0.3 is 15.4 Å². The number of hydrogen-bond acceptors (Lipinski definition) is 4. The number of amides is 1. The van der Waals surface area contributed by atoms with Gasteiger partial charge in [0.2, 0.25) is 0 Å². The average molecular weight is 334 g/mol. The van der Waals surface area contributed by atoms with Crippen molar-refractivity contribution in [3.8, 4) is 5.75 Å². The second-order valence-corrected chi connectivity index (χ2v) is 5.93. The number of aromatic nitrogens is 1. The largest absolute Gasteiger partial charge is 0.484 e. The molecule has 2 aromatic rings. The smallest absolute Gasteiger partial charge is 0.263 e. The minimum absolute atomic E-state index is 0.0866. The van der Waals surface area contributed by atoms with Crippen LogP contribution in [0.3, 0.4) is 0 Å². The number of hydrogen-bond donors (Lipinski definition) is 2. The maximum Gasteiger partial charge on any atom is 0.263 e. The first-order valence-electron chi connectivity index (χ1n) is 7.41. The highest BCUT2D eigenvalue weighted by atomic mass is 35.5. The van der Waals surface area contributed by atoms with Crippen molar-refractivity contribution < 1.29 is 9.53 Å². The Bertz CT molecular complexity index is 627. The van der Waals surface area contributed by atoms with Gasteiger partial charge in [0.15, 0.2) is 6.61 Å². The van der Waals surface area contributed by atoms with Crippen LogP contribution in [0.2, 0.25) is 5.02 Å². The number of nitrogens with zero attached hydrogens (tertiary/aromatic N) is 1. The molecule has 6 heteroatoms. The molecule has 1 amide bonds. The van der Waals surface area contributed by atoms with E-state index in [2.05, 4.69) is 29.5 Å². The Morgan fingerprint density at radius 2 is 1.96 bits per heavy atom. The van der Waals surface area contributed by atoms with Crippen LogP contribution in [-0.4, -0.2) is 24.0 Å². The molecule has 5 nitrogen and oxygen atoms in total. The number of halogens is 1. The Kier molecular flexibility index (Phi) is 6.23. The lowest BCUT2D eigenvalue weighted by Gasteiger charge is -2.10. The first-order chi connectivity index (χ1) is 11.0. The summed E-state index contributed by atoms with van der Waals surface area (Å²) in [5.41, 5.74) is 0.925. The zero-order chi connectivity index (χ0) is 16.7. The lowest BCUT2D eigenvalue weighted by atomic mass is 10.2. The van der Waals surface area contributed by atoms with Gasteiger partial charge in [-0.15, -0.1) is 0 Å². The summed E-state index contributed by atoms with van der Waals surface area (Å²) in [6.07, 6.45) is 1.69. The minimum Gasteiger partial charge on any atom is -0.484 e. The third kappa shape index (κ3) is 6.16. The van der Waals surface area contributed by atoms with Crippen molar-refractivity contribution in [1.29, 1.82) is 0 Å². The number of carbonyl (C=O) groups is 1. The molecule has 1 aromatic carbocycles. The molecule has 0 saturated carbocycles. The average Bonchev–Trinajstić information content (AvgIpc) is 2.53. The third-order valence-corrected chi connectivity index (χ3v) is 3.18. The van der Waals surface area contributed by atoms with E-state index in [1.165, 1.54) is 0 Å². The van der Waals surface area contributed by atoms with Crippen LogP contribution < -0.4 is 15.4 Å². The summed E-state index contributed by atoms with van der Waals surface area (Å²) in [6, 6.07) is 10.5. The second-order valence-electron chi connectivity index (χ2n) is 5.50. The van der Waals surface area contributed by atoms with Gasteiger partial charge in [-0.1, -0.05) is 25.4 Å². The number of pyridine rings is 1. The van der Waals surface area contributed by atoms with Crippen molar-refractivity contribution in [2.45, 2.75) is 13.8 Å². The molecular weight excluding hydrogens is 314 g/mol. The van der Waals surface area contributed by atoms with Gasteiger partial charge in [-0.25, -0.2) is 4.98 Å². The zero-order valence-electron chi connectivity index (χ0n) is 13.2. The van der Waals surface area contributed by atoms with Crippen molar-refractivity contribution >= 4 is 29.0 Å². The van der Waals surface area contributed by atoms with E-state index in [0.717, 1.165) is 12.2 Å². The lowest BCUT2D eigenvalue weighted by molar-refractivity contribution is -0.118. The highest BCUT2D eigenvalue weighted by Gasteiger charge is 2.05. The van der Waals surface area contributed by atoms with Gasteiger partial charge in [0.1, 0.15) is 11.6 Å². The Morgan fingerprint density at radius 3 is 2.57 bits per heavy atom.